The lowest BCUT2D eigenvalue weighted by Crippen LogP contribution is -2.37. The Morgan fingerprint density at radius 2 is 2.05 bits per heavy atom. The summed E-state index contributed by atoms with van der Waals surface area (Å²) in [6, 6.07) is 0. The van der Waals surface area contributed by atoms with Crippen LogP contribution in [-0.2, 0) is 14.3 Å². The molecule has 0 aromatic carbocycles. The molecule has 2 aliphatic heterocycles. The lowest BCUT2D eigenvalue weighted by molar-refractivity contribution is -0.131. The zero-order chi connectivity index (χ0) is 15.2. The minimum Gasteiger partial charge on any atom is -0.388 e. The van der Waals surface area contributed by atoms with Crippen molar-refractivity contribution in [2.75, 3.05) is 45.9 Å². The van der Waals surface area contributed by atoms with Gasteiger partial charge in [0.25, 0.3) is 0 Å². The average molecular weight is 300 g/mol. The highest BCUT2D eigenvalue weighted by molar-refractivity contribution is 5.76. The van der Waals surface area contributed by atoms with E-state index in [0.717, 1.165) is 39.3 Å². The molecule has 0 aliphatic carbocycles. The first kappa shape index (κ1) is 16.7. The fourth-order valence-corrected chi connectivity index (χ4v) is 2.88. The van der Waals surface area contributed by atoms with Gasteiger partial charge in [0.05, 0.1) is 25.4 Å². The van der Waals surface area contributed by atoms with Gasteiger partial charge in [-0.25, -0.2) is 0 Å². The first-order chi connectivity index (χ1) is 10.1. The van der Waals surface area contributed by atoms with Gasteiger partial charge in [-0.3, -0.25) is 9.69 Å². The largest absolute Gasteiger partial charge is 0.388 e. The highest BCUT2D eigenvalue weighted by Crippen LogP contribution is 2.16. The lowest BCUT2D eigenvalue weighted by Gasteiger charge is -2.26. The Bertz CT molecular complexity index is 332. The second kappa shape index (κ2) is 8.08. The number of carbonyl (C=O) groups excluding carboxylic acids is 1. The third kappa shape index (κ3) is 5.21. The highest BCUT2D eigenvalue weighted by Gasteiger charge is 2.34. The Kier molecular flexibility index (Phi) is 6.41. The Balaban J connectivity index is 1.66. The molecule has 2 aliphatic rings. The van der Waals surface area contributed by atoms with Crippen molar-refractivity contribution in [2.45, 2.75) is 45.0 Å². The lowest BCUT2D eigenvalue weighted by atomic mass is 10.2. The highest BCUT2D eigenvalue weighted by atomic mass is 16.5. The molecule has 122 valence electrons. The molecule has 6 heteroatoms. The van der Waals surface area contributed by atoms with E-state index in [9.17, 15) is 9.90 Å². The number of nitrogens with zero attached hydrogens (tertiary/aromatic N) is 2. The number of hydrogen-bond donors (Lipinski definition) is 1. The number of aliphatic hydroxyl groups excluding tert-OH is 1. The normalized spacial score (nSPS) is 27.5. The minimum atomic E-state index is -0.560. The summed E-state index contributed by atoms with van der Waals surface area (Å²) in [6.45, 7) is 9.24. The molecule has 0 spiro atoms. The number of hydrogen-bond acceptors (Lipinski definition) is 5. The van der Waals surface area contributed by atoms with Crippen LogP contribution in [0.3, 0.4) is 0 Å². The zero-order valence-electron chi connectivity index (χ0n) is 13.2. The number of amides is 1. The second-order valence-electron chi connectivity index (χ2n) is 6.15. The van der Waals surface area contributed by atoms with E-state index in [2.05, 4.69) is 4.90 Å². The molecule has 0 unspecified atom stereocenters. The Labute approximate surface area is 127 Å². The maximum Gasteiger partial charge on any atom is 0.222 e. The van der Waals surface area contributed by atoms with Crippen LogP contribution in [0.1, 0.15) is 26.7 Å². The molecule has 0 bridgehead atoms. The summed E-state index contributed by atoms with van der Waals surface area (Å²) in [5.41, 5.74) is 0. The molecule has 0 aromatic heterocycles. The molecule has 0 radical (unpaired) electrons. The number of ether oxygens (including phenoxy) is 2. The van der Waals surface area contributed by atoms with Crippen LogP contribution in [0.2, 0.25) is 0 Å². The second-order valence-corrected chi connectivity index (χ2v) is 6.15. The smallest absolute Gasteiger partial charge is 0.222 e. The van der Waals surface area contributed by atoms with Gasteiger partial charge in [-0.15, -0.1) is 0 Å². The van der Waals surface area contributed by atoms with Crippen LogP contribution in [0.4, 0.5) is 0 Å². The fourth-order valence-electron chi connectivity index (χ4n) is 2.88. The van der Waals surface area contributed by atoms with Gasteiger partial charge < -0.3 is 19.5 Å². The number of β-amino-alcohol motifs (C(OH)–C–C–N with tert-alkyl or cyclic N) is 1. The minimum absolute atomic E-state index is 0.0704. The number of morpholine rings is 1. The van der Waals surface area contributed by atoms with Gasteiger partial charge in [0, 0.05) is 32.6 Å². The van der Waals surface area contributed by atoms with E-state index in [0.29, 0.717) is 19.5 Å². The Morgan fingerprint density at radius 3 is 2.71 bits per heavy atom. The standard InChI is InChI=1S/C15H28N2O4/c1-12(2)21-14-11-17(10-13(14)18)15(19)4-3-5-16-6-8-20-9-7-16/h12-14,18H,3-11H2,1-2H3/t13-,14-/m0/s1. The quantitative estimate of drug-likeness (QED) is 0.753. The topological polar surface area (TPSA) is 62.2 Å². The van der Waals surface area contributed by atoms with Crippen LogP contribution in [0.15, 0.2) is 0 Å². The predicted molar refractivity (Wildman–Crippen MR) is 79.1 cm³/mol. The molecule has 2 fully saturated rings. The molecule has 1 amide bonds. The number of aliphatic hydroxyl groups is 1. The Morgan fingerprint density at radius 1 is 1.33 bits per heavy atom. The van der Waals surface area contributed by atoms with E-state index < -0.39 is 6.10 Å². The van der Waals surface area contributed by atoms with Crippen LogP contribution < -0.4 is 0 Å². The molecule has 2 atom stereocenters. The maximum absolute atomic E-state index is 12.2. The predicted octanol–water partition coefficient (Wildman–Crippen LogP) is 0.0955. The molecular weight excluding hydrogens is 272 g/mol. The van der Waals surface area contributed by atoms with Gasteiger partial charge in [-0.2, -0.15) is 0 Å². The van der Waals surface area contributed by atoms with E-state index in [1.54, 1.807) is 4.90 Å². The van der Waals surface area contributed by atoms with Crippen LogP contribution in [0.25, 0.3) is 0 Å². The molecule has 2 rings (SSSR count). The van der Waals surface area contributed by atoms with Gasteiger partial charge in [0.15, 0.2) is 0 Å². The number of likely N-dealkylation sites (tertiary alicyclic amines) is 1. The Hall–Kier alpha value is -0.690. The summed E-state index contributed by atoms with van der Waals surface area (Å²) in [5.74, 6) is 0.122. The third-order valence-electron chi connectivity index (χ3n) is 4.01. The van der Waals surface area contributed by atoms with Crippen molar-refractivity contribution < 1.29 is 19.4 Å². The van der Waals surface area contributed by atoms with Gasteiger partial charge in [-0.1, -0.05) is 0 Å². The van der Waals surface area contributed by atoms with Crippen LogP contribution in [-0.4, -0.2) is 85.1 Å². The SMILES string of the molecule is CC(C)O[C@H]1CN(C(=O)CCCN2CCOCC2)C[C@@H]1O. The monoisotopic (exact) mass is 300 g/mol. The first-order valence-electron chi connectivity index (χ1n) is 7.97. The van der Waals surface area contributed by atoms with Crippen LogP contribution in [0, 0.1) is 0 Å². The van der Waals surface area contributed by atoms with Crippen molar-refractivity contribution in [1.29, 1.82) is 0 Å². The van der Waals surface area contributed by atoms with Crippen molar-refractivity contribution in [3.05, 3.63) is 0 Å². The summed E-state index contributed by atoms with van der Waals surface area (Å²) in [4.78, 5) is 16.2. The molecular formula is C15H28N2O4. The molecule has 1 N–H and O–H groups in total. The van der Waals surface area contributed by atoms with E-state index in [1.807, 2.05) is 13.8 Å². The van der Waals surface area contributed by atoms with E-state index >= 15 is 0 Å². The van der Waals surface area contributed by atoms with Crippen LogP contribution >= 0.6 is 0 Å². The van der Waals surface area contributed by atoms with Gasteiger partial charge >= 0.3 is 0 Å². The van der Waals surface area contributed by atoms with Crippen molar-refractivity contribution >= 4 is 5.91 Å². The molecule has 0 saturated carbocycles. The summed E-state index contributed by atoms with van der Waals surface area (Å²) >= 11 is 0. The molecule has 0 aromatic rings. The van der Waals surface area contributed by atoms with E-state index in [4.69, 9.17) is 9.47 Å². The van der Waals surface area contributed by atoms with E-state index in [1.165, 1.54) is 0 Å². The fraction of sp³-hybridized carbons (Fsp3) is 0.933. The zero-order valence-corrected chi connectivity index (χ0v) is 13.2. The van der Waals surface area contributed by atoms with Crippen molar-refractivity contribution in [2.24, 2.45) is 0 Å². The summed E-state index contributed by atoms with van der Waals surface area (Å²) in [7, 11) is 0. The van der Waals surface area contributed by atoms with Gasteiger partial charge in [0.1, 0.15) is 6.10 Å². The molecule has 2 heterocycles. The van der Waals surface area contributed by atoms with Crippen molar-refractivity contribution in [1.82, 2.24) is 9.80 Å². The van der Waals surface area contributed by atoms with E-state index in [-0.39, 0.29) is 18.1 Å². The third-order valence-corrected chi connectivity index (χ3v) is 4.01. The van der Waals surface area contributed by atoms with Gasteiger partial charge in [-0.05, 0) is 26.8 Å². The van der Waals surface area contributed by atoms with Crippen molar-refractivity contribution in [3.8, 4) is 0 Å². The molecule has 2 saturated heterocycles. The maximum atomic E-state index is 12.2. The molecule has 6 nitrogen and oxygen atoms in total. The molecule has 21 heavy (non-hydrogen) atoms. The number of rotatable bonds is 6. The van der Waals surface area contributed by atoms with Gasteiger partial charge in [0.2, 0.25) is 5.91 Å². The average Bonchev–Trinajstić information content (AvgIpc) is 2.80. The van der Waals surface area contributed by atoms with Crippen molar-refractivity contribution in [3.63, 3.8) is 0 Å². The summed E-state index contributed by atoms with van der Waals surface area (Å²) in [6.07, 6.45) is 0.671. The summed E-state index contributed by atoms with van der Waals surface area (Å²) < 4.78 is 10.9. The van der Waals surface area contributed by atoms with Crippen LogP contribution in [0.5, 0.6) is 0 Å². The first-order valence-corrected chi connectivity index (χ1v) is 7.97. The number of carbonyl (C=O) groups is 1. The summed E-state index contributed by atoms with van der Waals surface area (Å²) in [5, 5.41) is 9.95.